The molecule has 26 heavy (non-hydrogen) atoms. The van der Waals surface area contributed by atoms with Gasteiger partial charge in [0.05, 0.1) is 5.92 Å². The molecule has 3 heterocycles. The lowest BCUT2D eigenvalue weighted by Crippen LogP contribution is -2.50. The lowest BCUT2D eigenvalue weighted by Gasteiger charge is -2.39. The van der Waals surface area contributed by atoms with Gasteiger partial charge in [0.2, 0.25) is 11.8 Å². The summed E-state index contributed by atoms with van der Waals surface area (Å²) in [4.78, 5) is 27.3. The smallest absolute Gasteiger partial charge is 0.224 e. The predicted molar refractivity (Wildman–Crippen MR) is 106 cm³/mol. The third kappa shape index (κ3) is 5.35. The Balaban J connectivity index is 0.00000243. The third-order valence-electron chi connectivity index (χ3n) is 6.44. The largest absolute Gasteiger partial charge is 0.356 e. The number of nitrogens with zero attached hydrogens (tertiary/aromatic N) is 1. The van der Waals surface area contributed by atoms with Gasteiger partial charge in [0.25, 0.3) is 0 Å². The second-order valence-corrected chi connectivity index (χ2v) is 8.49. The first-order valence-electron chi connectivity index (χ1n) is 10.4. The Bertz CT molecular complexity index is 476. The minimum Gasteiger partial charge on any atom is -0.356 e. The molecule has 6 heteroatoms. The Labute approximate surface area is 164 Å². The predicted octanol–water partition coefficient (Wildman–Crippen LogP) is 2.87. The van der Waals surface area contributed by atoms with Gasteiger partial charge in [-0.3, -0.25) is 9.59 Å². The topological polar surface area (TPSA) is 61.4 Å². The molecule has 2 bridgehead atoms. The highest BCUT2D eigenvalue weighted by Gasteiger charge is 2.37. The summed E-state index contributed by atoms with van der Waals surface area (Å²) in [6, 6.07) is 1.53. The molecule has 3 aliphatic heterocycles. The number of rotatable bonds is 6. The van der Waals surface area contributed by atoms with E-state index in [-0.39, 0.29) is 36.2 Å². The number of hydrogen-bond acceptors (Lipinski definition) is 3. The number of carbonyl (C=O) groups excluding carboxylic acids is 2. The molecular weight excluding hydrogens is 350 g/mol. The summed E-state index contributed by atoms with van der Waals surface area (Å²) in [6.07, 6.45) is 9.46. The van der Waals surface area contributed by atoms with Crippen molar-refractivity contribution in [3.05, 3.63) is 0 Å². The van der Waals surface area contributed by atoms with E-state index in [2.05, 4.69) is 24.5 Å². The maximum absolute atomic E-state index is 12.9. The first-order valence-corrected chi connectivity index (χ1v) is 10.4. The molecule has 5 nitrogen and oxygen atoms in total. The molecule has 2 N–H and O–H groups in total. The SMILES string of the molecule is CCCCNC(=O)C1CCC(C)N(C(=O)CC2CC3CCC(C2)N3)C1.Cl. The van der Waals surface area contributed by atoms with Crippen LogP contribution >= 0.6 is 12.4 Å². The molecule has 3 fully saturated rings. The number of amides is 2. The van der Waals surface area contributed by atoms with Gasteiger partial charge < -0.3 is 15.5 Å². The second-order valence-electron chi connectivity index (χ2n) is 8.49. The third-order valence-corrected chi connectivity index (χ3v) is 6.44. The van der Waals surface area contributed by atoms with E-state index in [0.717, 1.165) is 45.1 Å². The van der Waals surface area contributed by atoms with Crippen LogP contribution < -0.4 is 10.6 Å². The van der Waals surface area contributed by atoms with Crippen LogP contribution in [0.5, 0.6) is 0 Å². The van der Waals surface area contributed by atoms with Crippen LogP contribution in [0, 0.1) is 11.8 Å². The second kappa shape index (κ2) is 9.93. The Kier molecular flexibility index (Phi) is 8.21. The van der Waals surface area contributed by atoms with Gasteiger partial charge in [0.15, 0.2) is 0 Å². The van der Waals surface area contributed by atoms with Gasteiger partial charge in [0.1, 0.15) is 0 Å². The van der Waals surface area contributed by atoms with Crippen molar-refractivity contribution in [1.82, 2.24) is 15.5 Å². The van der Waals surface area contributed by atoms with Crippen molar-refractivity contribution in [2.45, 2.75) is 89.8 Å². The standard InChI is InChI=1S/C20H35N3O2.ClH/c1-3-4-9-21-20(25)16-6-5-14(2)23(13-16)19(24)12-15-10-17-7-8-18(11-15)22-17;/h14-18,22H,3-13H2,1-2H3,(H,21,25);1H. The molecule has 3 saturated heterocycles. The van der Waals surface area contributed by atoms with Crippen LogP contribution in [-0.2, 0) is 9.59 Å². The average Bonchev–Trinajstić information content (AvgIpc) is 2.93. The van der Waals surface area contributed by atoms with Gasteiger partial charge in [-0.15, -0.1) is 12.4 Å². The maximum atomic E-state index is 12.9. The normalized spacial score (nSPS) is 33.5. The molecule has 3 aliphatic rings. The number of halogens is 1. The highest BCUT2D eigenvalue weighted by atomic mass is 35.5. The molecule has 0 spiro atoms. The van der Waals surface area contributed by atoms with Gasteiger partial charge in [-0.1, -0.05) is 13.3 Å². The van der Waals surface area contributed by atoms with Crippen molar-refractivity contribution < 1.29 is 9.59 Å². The van der Waals surface area contributed by atoms with Crippen LogP contribution in [0.1, 0.15) is 71.6 Å². The van der Waals surface area contributed by atoms with Gasteiger partial charge in [-0.2, -0.15) is 0 Å². The number of unbranched alkanes of at least 4 members (excludes halogenated alkanes) is 1. The summed E-state index contributed by atoms with van der Waals surface area (Å²) >= 11 is 0. The Hall–Kier alpha value is -0.810. The number of hydrogen-bond donors (Lipinski definition) is 2. The minimum atomic E-state index is -0.0267. The summed E-state index contributed by atoms with van der Waals surface area (Å²) in [5.41, 5.74) is 0. The lowest BCUT2D eigenvalue weighted by molar-refractivity contribution is -0.139. The summed E-state index contributed by atoms with van der Waals surface area (Å²) < 4.78 is 0. The lowest BCUT2D eigenvalue weighted by atomic mass is 9.87. The zero-order valence-electron chi connectivity index (χ0n) is 16.3. The first kappa shape index (κ1) is 21.5. The molecule has 150 valence electrons. The van der Waals surface area contributed by atoms with E-state index in [4.69, 9.17) is 0 Å². The summed E-state index contributed by atoms with van der Waals surface area (Å²) in [6.45, 7) is 5.63. The minimum absolute atomic E-state index is 0. The number of carbonyl (C=O) groups is 2. The van der Waals surface area contributed by atoms with E-state index < -0.39 is 0 Å². The van der Waals surface area contributed by atoms with Crippen molar-refractivity contribution in [2.75, 3.05) is 13.1 Å². The van der Waals surface area contributed by atoms with Crippen LogP contribution in [0.25, 0.3) is 0 Å². The van der Waals surface area contributed by atoms with Gasteiger partial charge in [-0.05, 0) is 57.8 Å². The highest BCUT2D eigenvalue weighted by Crippen LogP contribution is 2.33. The molecular formula is C20H36ClN3O2. The van der Waals surface area contributed by atoms with Crippen LogP contribution in [0.15, 0.2) is 0 Å². The molecule has 0 radical (unpaired) electrons. The zero-order chi connectivity index (χ0) is 17.8. The van der Waals surface area contributed by atoms with E-state index in [0.29, 0.717) is 31.0 Å². The van der Waals surface area contributed by atoms with Gasteiger partial charge >= 0.3 is 0 Å². The summed E-state index contributed by atoms with van der Waals surface area (Å²) in [7, 11) is 0. The van der Waals surface area contributed by atoms with Crippen molar-refractivity contribution in [2.24, 2.45) is 11.8 Å². The fourth-order valence-corrected chi connectivity index (χ4v) is 4.91. The molecule has 0 saturated carbocycles. The molecule has 0 aromatic rings. The molecule has 0 aromatic heterocycles. The quantitative estimate of drug-likeness (QED) is 0.691. The Morgan fingerprint density at radius 3 is 2.46 bits per heavy atom. The molecule has 2 amide bonds. The van der Waals surface area contributed by atoms with Crippen molar-refractivity contribution in [1.29, 1.82) is 0 Å². The first-order chi connectivity index (χ1) is 12.1. The molecule has 4 unspecified atom stereocenters. The van der Waals surface area contributed by atoms with Crippen LogP contribution in [0.4, 0.5) is 0 Å². The van der Waals surface area contributed by atoms with E-state index in [1.807, 2.05) is 4.90 Å². The summed E-state index contributed by atoms with van der Waals surface area (Å²) in [5.74, 6) is 0.904. The fraction of sp³-hybridized carbons (Fsp3) is 0.900. The Morgan fingerprint density at radius 1 is 1.12 bits per heavy atom. The van der Waals surface area contributed by atoms with E-state index >= 15 is 0 Å². The summed E-state index contributed by atoms with van der Waals surface area (Å²) in [5, 5.41) is 6.69. The van der Waals surface area contributed by atoms with E-state index in [9.17, 15) is 9.59 Å². The molecule has 0 aliphatic carbocycles. The van der Waals surface area contributed by atoms with Gasteiger partial charge in [-0.25, -0.2) is 0 Å². The van der Waals surface area contributed by atoms with Crippen molar-refractivity contribution in [3.63, 3.8) is 0 Å². The van der Waals surface area contributed by atoms with Crippen molar-refractivity contribution >= 4 is 24.2 Å². The molecule has 4 atom stereocenters. The molecule has 3 rings (SSSR count). The van der Waals surface area contributed by atoms with Crippen LogP contribution in [-0.4, -0.2) is 47.9 Å². The molecule has 0 aromatic carbocycles. The number of fused-ring (bicyclic) bond motifs is 2. The maximum Gasteiger partial charge on any atom is 0.224 e. The van der Waals surface area contributed by atoms with E-state index in [1.54, 1.807) is 0 Å². The zero-order valence-corrected chi connectivity index (χ0v) is 17.2. The monoisotopic (exact) mass is 385 g/mol. The number of piperidine rings is 2. The van der Waals surface area contributed by atoms with Crippen LogP contribution in [0.2, 0.25) is 0 Å². The van der Waals surface area contributed by atoms with E-state index in [1.165, 1.54) is 12.8 Å². The highest BCUT2D eigenvalue weighted by molar-refractivity contribution is 5.85. The number of nitrogens with one attached hydrogen (secondary N) is 2. The van der Waals surface area contributed by atoms with Crippen LogP contribution in [0.3, 0.4) is 0 Å². The van der Waals surface area contributed by atoms with Crippen molar-refractivity contribution in [3.8, 4) is 0 Å². The Morgan fingerprint density at radius 2 is 1.81 bits per heavy atom. The number of likely N-dealkylation sites (tertiary alicyclic amines) is 1. The fourth-order valence-electron chi connectivity index (χ4n) is 4.91. The van der Waals surface area contributed by atoms with Gasteiger partial charge in [0, 0.05) is 37.6 Å². The average molecular weight is 386 g/mol.